The third-order valence-corrected chi connectivity index (χ3v) is 5.34. The Labute approximate surface area is 173 Å². The summed E-state index contributed by atoms with van der Waals surface area (Å²) < 4.78 is 32.9. The summed E-state index contributed by atoms with van der Waals surface area (Å²) in [5.74, 6) is -1.59. The van der Waals surface area contributed by atoms with Crippen LogP contribution in [0.1, 0.15) is 19.3 Å². The second-order valence-electron chi connectivity index (χ2n) is 7.51. The summed E-state index contributed by atoms with van der Waals surface area (Å²) in [6.45, 7) is 1.54. The van der Waals surface area contributed by atoms with Gasteiger partial charge in [0.1, 0.15) is 17.4 Å². The number of likely N-dealkylation sites (tertiary alicyclic amines) is 1. The number of anilines is 2. The van der Waals surface area contributed by atoms with E-state index in [2.05, 4.69) is 5.32 Å². The van der Waals surface area contributed by atoms with E-state index in [0.29, 0.717) is 30.6 Å². The molecule has 0 bridgehead atoms. The van der Waals surface area contributed by atoms with Crippen molar-refractivity contribution >= 4 is 23.2 Å². The van der Waals surface area contributed by atoms with Crippen LogP contribution in [0.4, 0.5) is 20.2 Å². The second kappa shape index (κ2) is 8.69. The van der Waals surface area contributed by atoms with Crippen molar-refractivity contribution in [2.24, 2.45) is 0 Å². The highest BCUT2D eigenvalue weighted by atomic mass is 19.1. The van der Waals surface area contributed by atoms with Gasteiger partial charge in [-0.1, -0.05) is 12.1 Å². The van der Waals surface area contributed by atoms with Gasteiger partial charge in [-0.3, -0.25) is 9.59 Å². The summed E-state index contributed by atoms with van der Waals surface area (Å²) in [7, 11) is 0. The van der Waals surface area contributed by atoms with Crippen LogP contribution >= 0.6 is 0 Å². The Bertz CT molecular complexity index is 947. The van der Waals surface area contributed by atoms with Gasteiger partial charge < -0.3 is 19.9 Å². The van der Waals surface area contributed by atoms with E-state index in [4.69, 9.17) is 4.74 Å². The minimum atomic E-state index is -0.844. The lowest BCUT2D eigenvalue weighted by Crippen LogP contribution is -2.52. The zero-order valence-corrected chi connectivity index (χ0v) is 16.4. The molecule has 1 N–H and O–H groups in total. The van der Waals surface area contributed by atoms with Crippen LogP contribution in [0.3, 0.4) is 0 Å². The number of hydrogen-bond acceptors (Lipinski definition) is 4. The zero-order chi connectivity index (χ0) is 21.1. The van der Waals surface area contributed by atoms with Crippen LogP contribution in [-0.4, -0.2) is 49.0 Å². The fourth-order valence-corrected chi connectivity index (χ4v) is 3.86. The molecule has 2 amide bonds. The van der Waals surface area contributed by atoms with Crippen molar-refractivity contribution in [3.63, 3.8) is 0 Å². The molecule has 6 nitrogen and oxygen atoms in total. The highest BCUT2D eigenvalue weighted by Crippen LogP contribution is 2.33. The SMILES string of the molecule is O=C(CN1C[C@@H](C(=O)N2CCCCC2)Oc2ccccc21)Nc1ccc(F)cc1F. The number of ether oxygens (including phenoxy) is 1. The molecule has 2 aliphatic heterocycles. The number of carbonyl (C=O) groups is 2. The van der Waals surface area contributed by atoms with Gasteiger partial charge in [-0.25, -0.2) is 8.78 Å². The highest BCUT2D eigenvalue weighted by Gasteiger charge is 2.34. The van der Waals surface area contributed by atoms with Crippen molar-refractivity contribution in [3.8, 4) is 5.75 Å². The fourth-order valence-electron chi connectivity index (χ4n) is 3.86. The molecule has 0 aromatic heterocycles. The molecular weight excluding hydrogens is 392 g/mol. The van der Waals surface area contributed by atoms with Crippen LogP contribution in [0.15, 0.2) is 42.5 Å². The predicted octanol–water partition coefficient (Wildman–Crippen LogP) is 3.18. The van der Waals surface area contributed by atoms with E-state index in [1.807, 2.05) is 17.0 Å². The Morgan fingerprint density at radius 1 is 1.07 bits per heavy atom. The predicted molar refractivity (Wildman–Crippen MR) is 108 cm³/mol. The third-order valence-electron chi connectivity index (χ3n) is 5.34. The first-order valence-electron chi connectivity index (χ1n) is 10.1. The van der Waals surface area contributed by atoms with Gasteiger partial charge in [-0.05, 0) is 43.5 Å². The number of halogens is 2. The van der Waals surface area contributed by atoms with Gasteiger partial charge >= 0.3 is 0 Å². The third kappa shape index (κ3) is 4.37. The molecule has 0 saturated carbocycles. The van der Waals surface area contributed by atoms with Gasteiger partial charge in [0.15, 0.2) is 6.10 Å². The second-order valence-corrected chi connectivity index (χ2v) is 7.51. The summed E-state index contributed by atoms with van der Waals surface area (Å²) in [6, 6.07) is 10.2. The van der Waals surface area contributed by atoms with Gasteiger partial charge in [-0.2, -0.15) is 0 Å². The zero-order valence-electron chi connectivity index (χ0n) is 16.4. The Morgan fingerprint density at radius 2 is 1.83 bits per heavy atom. The van der Waals surface area contributed by atoms with Crippen LogP contribution in [0.2, 0.25) is 0 Å². The molecular formula is C22H23F2N3O3. The smallest absolute Gasteiger partial charge is 0.265 e. The monoisotopic (exact) mass is 415 g/mol. The van der Waals surface area contributed by atoms with Crippen LogP contribution in [0, 0.1) is 11.6 Å². The number of benzene rings is 2. The molecule has 2 heterocycles. The van der Waals surface area contributed by atoms with E-state index in [1.54, 1.807) is 17.0 Å². The van der Waals surface area contributed by atoms with E-state index >= 15 is 0 Å². The van der Waals surface area contributed by atoms with Crippen LogP contribution in [0.25, 0.3) is 0 Å². The summed E-state index contributed by atoms with van der Waals surface area (Å²) in [4.78, 5) is 29.1. The molecule has 0 spiro atoms. The molecule has 1 saturated heterocycles. The summed E-state index contributed by atoms with van der Waals surface area (Å²) in [6.07, 6.45) is 2.35. The Hall–Kier alpha value is -3.16. The van der Waals surface area contributed by atoms with E-state index in [0.717, 1.165) is 25.3 Å². The molecule has 0 aliphatic carbocycles. The molecule has 2 aliphatic rings. The largest absolute Gasteiger partial charge is 0.477 e. The first-order chi connectivity index (χ1) is 14.5. The molecule has 158 valence electrons. The van der Waals surface area contributed by atoms with Gasteiger partial charge in [-0.15, -0.1) is 0 Å². The molecule has 30 heavy (non-hydrogen) atoms. The van der Waals surface area contributed by atoms with E-state index in [1.165, 1.54) is 6.07 Å². The van der Waals surface area contributed by atoms with Crippen molar-refractivity contribution in [2.45, 2.75) is 25.4 Å². The van der Waals surface area contributed by atoms with Crippen molar-refractivity contribution in [2.75, 3.05) is 36.4 Å². The minimum Gasteiger partial charge on any atom is -0.477 e. The summed E-state index contributed by atoms with van der Waals surface area (Å²) >= 11 is 0. The number of amides is 2. The summed E-state index contributed by atoms with van der Waals surface area (Å²) in [5.41, 5.74) is 0.596. The molecule has 8 heteroatoms. The van der Waals surface area contributed by atoms with E-state index in [-0.39, 0.29) is 24.7 Å². The molecule has 1 atom stereocenters. The first kappa shape index (κ1) is 20.1. The van der Waals surface area contributed by atoms with Crippen LogP contribution in [0.5, 0.6) is 5.75 Å². The summed E-state index contributed by atoms with van der Waals surface area (Å²) in [5, 5.41) is 2.46. The molecule has 0 unspecified atom stereocenters. The highest BCUT2D eigenvalue weighted by molar-refractivity contribution is 5.95. The van der Waals surface area contributed by atoms with E-state index in [9.17, 15) is 18.4 Å². The topological polar surface area (TPSA) is 61.9 Å². The van der Waals surface area contributed by atoms with E-state index < -0.39 is 23.6 Å². The average Bonchev–Trinajstić information content (AvgIpc) is 2.75. The maximum absolute atomic E-state index is 13.9. The lowest BCUT2D eigenvalue weighted by molar-refractivity contribution is -0.139. The first-order valence-corrected chi connectivity index (χ1v) is 10.1. The van der Waals surface area contributed by atoms with Crippen LogP contribution in [-0.2, 0) is 9.59 Å². The average molecular weight is 415 g/mol. The Balaban J connectivity index is 1.49. The number of hydrogen-bond donors (Lipinski definition) is 1. The molecule has 2 aromatic carbocycles. The van der Waals surface area contributed by atoms with Gasteiger partial charge in [0.2, 0.25) is 5.91 Å². The van der Waals surface area contributed by atoms with Gasteiger partial charge in [0.05, 0.1) is 24.5 Å². The number of carbonyl (C=O) groups excluding carboxylic acids is 2. The molecule has 0 radical (unpaired) electrons. The maximum Gasteiger partial charge on any atom is 0.265 e. The minimum absolute atomic E-state index is 0.0841. The van der Waals surface area contributed by atoms with Crippen molar-refractivity contribution in [1.29, 1.82) is 0 Å². The normalized spacial score (nSPS) is 18.4. The lowest BCUT2D eigenvalue weighted by atomic mass is 10.1. The Morgan fingerprint density at radius 3 is 2.60 bits per heavy atom. The van der Waals surface area contributed by atoms with Gasteiger partial charge in [0, 0.05) is 19.2 Å². The quantitative estimate of drug-likeness (QED) is 0.833. The lowest BCUT2D eigenvalue weighted by Gasteiger charge is -2.38. The van der Waals surface area contributed by atoms with Gasteiger partial charge in [0.25, 0.3) is 5.91 Å². The van der Waals surface area contributed by atoms with Crippen molar-refractivity contribution in [3.05, 3.63) is 54.1 Å². The standard InChI is InChI=1S/C22H23F2N3O3/c23-15-8-9-17(16(24)12-15)25-21(28)14-27-13-20(22(29)26-10-4-1-5-11-26)30-19-7-3-2-6-18(19)27/h2-3,6-9,12,20H,1,4-5,10-11,13-14H2,(H,25,28)/t20-/m0/s1. The molecule has 2 aromatic rings. The number of piperidine rings is 1. The number of nitrogens with one attached hydrogen (secondary N) is 1. The van der Waals surface area contributed by atoms with Crippen LogP contribution < -0.4 is 15.0 Å². The number of fused-ring (bicyclic) bond motifs is 1. The fraction of sp³-hybridized carbons (Fsp3) is 0.364. The number of nitrogens with zero attached hydrogens (tertiary/aromatic N) is 2. The molecule has 4 rings (SSSR count). The number of rotatable bonds is 4. The molecule has 1 fully saturated rings. The maximum atomic E-state index is 13.9. The van der Waals surface area contributed by atoms with Crippen molar-refractivity contribution in [1.82, 2.24) is 4.90 Å². The number of para-hydroxylation sites is 2. The Kier molecular flexibility index (Phi) is 5.83. The van der Waals surface area contributed by atoms with Crippen molar-refractivity contribution < 1.29 is 23.1 Å².